The number of hydrogen-bond acceptors (Lipinski definition) is 2. The average Bonchev–Trinajstić information content (AvgIpc) is 1.98. The van der Waals surface area contributed by atoms with Gasteiger partial charge in [-0.05, 0) is 24.7 Å². The summed E-state index contributed by atoms with van der Waals surface area (Å²) in [6.07, 6.45) is 0.568. The van der Waals surface area contributed by atoms with E-state index in [9.17, 15) is 10.2 Å². The van der Waals surface area contributed by atoms with Crippen LogP contribution in [0.5, 0.6) is 0 Å². The summed E-state index contributed by atoms with van der Waals surface area (Å²) in [5, 5.41) is 18.9. The van der Waals surface area contributed by atoms with E-state index in [1.807, 2.05) is 13.8 Å². The zero-order chi connectivity index (χ0) is 9.72. The van der Waals surface area contributed by atoms with E-state index in [1.165, 1.54) is 0 Å². The van der Waals surface area contributed by atoms with E-state index in [2.05, 4.69) is 13.8 Å². The third-order valence-electron chi connectivity index (χ3n) is 2.12. The monoisotopic (exact) mass is 174 g/mol. The van der Waals surface area contributed by atoms with Crippen molar-refractivity contribution in [3.8, 4) is 0 Å². The number of hydrogen-bond donors (Lipinski definition) is 2. The normalized spacial score (nSPS) is 17.0. The topological polar surface area (TPSA) is 40.5 Å². The van der Waals surface area contributed by atoms with Gasteiger partial charge in [0.1, 0.15) is 0 Å². The van der Waals surface area contributed by atoms with Gasteiger partial charge in [-0.2, -0.15) is 0 Å². The van der Waals surface area contributed by atoms with E-state index >= 15 is 0 Å². The Morgan fingerprint density at radius 2 is 1.42 bits per heavy atom. The lowest BCUT2D eigenvalue weighted by Gasteiger charge is -2.21. The SMILES string of the molecule is CC(C)CCC(O)C(O)C(C)C. The molecule has 0 spiro atoms. The lowest BCUT2D eigenvalue weighted by Crippen LogP contribution is -2.30. The van der Waals surface area contributed by atoms with Crippen molar-refractivity contribution in [2.75, 3.05) is 0 Å². The molecule has 0 saturated heterocycles. The van der Waals surface area contributed by atoms with Gasteiger partial charge in [-0.1, -0.05) is 27.7 Å². The first-order valence-electron chi connectivity index (χ1n) is 4.81. The minimum Gasteiger partial charge on any atom is -0.390 e. The van der Waals surface area contributed by atoms with Gasteiger partial charge in [0.25, 0.3) is 0 Å². The minimum atomic E-state index is -0.566. The second-order valence-corrected chi connectivity index (χ2v) is 4.27. The lowest BCUT2D eigenvalue weighted by molar-refractivity contribution is -0.0144. The van der Waals surface area contributed by atoms with Crippen LogP contribution in [0.25, 0.3) is 0 Å². The van der Waals surface area contributed by atoms with Gasteiger partial charge >= 0.3 is 0 Å². The molecule has 2 heteroatoms. The van der Waals surface area contributed by atoms with Crippen LogP contribution in [0.4, 0.5) is 0 Å². The molecule has 12 heavy (non-hydrogen) atoms. The fraction of sp³-hybridized carbons (Fsp3) is 1.00. The fourth-order valence-electron chi connectivity index (χ4n) is 1.12. The van der Waals surface area contributed by atoms with Crippen LogP contribution in [0.2, 0.25) is 0 Å². The highest BCUT2D eigenvalue weighted by molar-refractivity contribution is 4.70. The Bertz CT molecular complexity index is 110. The largest absolute Gasteiger partial charge is 0.390 e. The van der Waals surface area contributed by atoms with E-state index in [1.54, 1.807) is 0 Å². The Balaban J connectivity index is 3.64. The van der Waals surface area contributed by atoms with Crippen molar-refractivity contribution in [2.24, 2.45) is 11.8 Å². The molecule has 2 unspecified atom stereocenters. The molecule has 0 heterocycles. The van der Waals surface area contributed by atoms with Crippen LogP contribution >= 0.6 is 0 Å². The molecule has 0 aliphatic rings. The third kappa shape index (κ3) is 4.73. The second kappa shape index (κ2) is 5.55. The van der Waals surface area contributed by atoms with Crippen molar-refractivity contribution >= 4 is 0 Å². The highest BCUT2D eigenvalue weighted by Crippen LogP contribution is 2.13. The van der Waals surface area contributed by atoms with Gasteiger partial charge in [0.05, 0.1) is 12.2 Å². The molecule has 0 aliphatic heterocycles. The minimum absolute atomic E-state index is 0.146. The maximum absolute atomic E-state index is 9.49. The van der Waals surface area contributed by atoms with Crippen LogP contribution in [0.15, 0.2) is 0 Å². The van der Waals surface area contributed by atoms with Gasteiger partial charge in [0.15, 0.2) is 0 Å². The molecule has 0 rings (SSSR count). The van der Waals surface area contributed by atoms with Gasteiger partial charge in [0, 0.05) is 0 Å². The summed E-state index contributed by atoms with van der Waals surface area (Å²) < 4.78 is 0. The van der Waals surface area contributed by atoms with Gasteiger partial charge in [0.2, 0.25) is 0 Å². The summed E-state index contributed by atoms with van der Waals surface area (Å²) in [6.45, 7) is 8.08. The van der Waals surface area contributed by atoms with Crippen LogP contribution < -0.4 is 0 Å². The number of aliphatic hydroxyl groups excluding tert-OH is 2. The summed E-state index contributed by atoms with van der Waals surface area (Å²) in [4.78, 5) is 0. The van der Waals surface area contributed by atoms with Crippen LogP contribution in [0, 0.1) is 11.8 Å². The van der Waals surface area contributed by atoms with Crippen molar-refractivity contribution in [1.82, 2.24) is 0 Å². The van der Waals surface area contributed by atoms with Crippen LogP contribution in [0.3, 0.4) is 0 Å². The molecule has 0 radical (unpaired) electrons. The van der Waals surface area contributed by atoms with Gasteiger partial charge in [-0.15, -0.1) is 0 Å². The van der Waals surface area contributed by atoms with Crippen LogP contribution in [0.1, 0.15) is 40.5 Å². The van der Waals surface area contributed by atoms with E-state index in [0.717, 1.165) is 6.42 Å². The maximum atomic E-state index is 9.49. The maximum Gasteiger partial charge on any atom is 0.0821 e. The van der Waals surface area contributed by atoms with E-state index < -0.39 is 12.2 Å². The Kier molecular flexibility index (Phi) is 5.51. The van der Waals surface area contributed by atoms with Crippen molar-refractivity contribution in [1.29, 1.82) is 0 Å². The first-order valence-corrected chi connectivity index (χ1v) is 4.81. The molecule has 0 aromatic rings. The summed E-state index contributed by atoms with van der Waals surface area (Å²) in [7, 11) is 0. The van der Waals surface area contributed by atoms with E-state index in [-0.39, 0.29) is 5.92 Å². The van der Waals surface area contributed by atoms with Gasteiger partial charge in [-0.25, -0.2) is 0 Å². The smallest absolute Gasteiger partial charge is 0.0821 e. The Morgan fingerprint density at radius 1 is 0.917 bits per heavy atom. The predicted octanol–water partition coefficient (Wildman–Crippen LogP) is 1.80. The summed E-state index contributed by atoms with van der Waals surface area (Å²) >= 11 is 0. The highest BCUT2D eigenvalue weighted by atomic mass is 16.3. The van der Waals surface area contributed by atoms with Gasteiger partial charge in [-0.3, -0.25) is 0 Å². The molecule has 2 nitrogen and oxygen atoms in total. The molecule has 74 valence electrons. The molecular weight excluding hydrogens is 152 g/mol. The Labute approximate surface area is 75.6 Å². The quantitative estimate of drug-likeness (QED) is 0.667. The van der Waals surface area contributed by atoms with E-state index in [0.29, 0.717) is 12.3 Å². The molecule has 0 aliphatic carbocycles. The van der Waals surface area contributed by atoms with Crippen molar-refractivity contribution in [3.63, 3.8) is 0 Å². The van der Waals surface area contributed by atoms with Gasteiger partial charge < -0.3 is 10.2 Å². The number of aliphatic hydroxyl groups is 2. The molecule has 0 amide bonds. The lowest BCUT2D eigenvalue weighted by atomic mass is 9.96. The molecule has 0 saturated carbocycles. The van der Waals surface area contributed by atoms with Crippen molar-refractivity contribution in [2.45, 2.75) is 52.7 Å². The molecular formula is C10H22O2. The first-order chi connectivity index (χ1) is 5.45. The molecule has 2 N–H and O–H groups in total. The van der Waals surface area contributed by atoms with Crippen molar-refractivity contribution in [3.05, 3.63) is 0 Å². The Hall–Kier alpha value is -0.0800. The number of rotatable bonds is 5. The average molecular weight is 174 g/mol. The predicted molar refractivity (Wildman–Crippen MR) is 50.9 cm³/mol. The summed E-state index contributed by atoms with van der Waals surface area (Å²) in [6, 6.07) is 0. The molecule has 0 bridgehead atoms. The standard InChI is InChI=1S/C10H22O2/c1-7(2)5-6-9(11)10(12)8(3)4/h7-12H,5-6H2,1-4H3. The summed E-state index contributed by atoms with van der Waals surface area (Å²) in [5.74, 6) is 0.742. The van der Waals surface area contributed by atoms with Crippen LogP contribution in [-0.2, 0) is 0 Å². The third-order valence-corrected chi connectivity index (χ3v) is 2.12. The zero-order valence-corrected chi connectivity index (χ0v) is 8.62. The molecule has 0 aromatic carbocycles. The second-order valence-electron chi connectivity index (χ2n) is 4.27. The van der Waals surface area contributed by atoms with Crippen LogP contribution in [-0.4, -0.2) is 22.4 Å². The van der Waals surface area contributed by atoms with Crippen molar-refractivity contribution < 1.29 is 10.2 Å². The molecule has 0 fully saturated rings. The van der Waals surface area contributed by atoms with E-state index in [4.69, 9.17) is 0 Å². The zero-order valence-electron chi connectivity index (χ0n) is 8.62. The molecule has 0 aromatic heterocycles. The summed E-state index contributed by atoms with van der Waals surface area (Å²) in [5.41, 5.74) is 0. The first kappa shape index (κ1) is 11.9. The Morgan fingerprint density at radius 3 is 1.75 bits per heavy atom. The molecule has 2 atom stereocenters. The fourth-order valence-corrected chi connectivity index (χ4v) is 1.12. The highest BCUT2D eigenvalue weighted by Gasteiger charge is 2.19.